The molecule has 1 aliphatic heterocycles. The predicted octanol–water partition coefficient (Wildman–Crippen LogP) is 2.11. The molecule has 2 bridgehead atoms. The van der Waals surface area contributed by atoms with E-state index in [0.29, 0.717) is 38.7 Å². The Bertz CT molecular complexity index is 404. The lowest BCUT2D eigenvalue weighted by Crippen LogP contribution is -2.51. The van der Waals surface area contributed by atoms with Gasteiger partial charge in [-0.2, -0.15) is 0 Å². The quantitative estimate of drug-likeness (QED) is 0.801. The number of nitrogens with zero attached hydrogens (tertiary/aromatic N) is 2. The summed E-state index contributed by atoms with van der Waals surface area (Å²) < 4.78 is 5.00. The first-order valence-corrected chi connectivity index (χ1v) is 8.36. The van der Waals surface area contributed by atoms with E-state index in [2.05, 4.69) is 0 Å². The standard InChI is InChI=1S/C16H26N2O3/c1-2-21-16(20)18-7-5-17(6-8-18)15(19)11-14-10-12-3-4-13(14)9-12/h12-14H,2-11H2,1H3. The van der Waals surface area contributed by atoms with Gasteiger partial charge in [-0.25, -0.2) is 4.79 Å². The van der Waals surface area contributed by atoms with Gasteiger partial charge in [-0.3, -0.25) is 4.79 Å². The van der Waals surface area contributed by atoms with E-state index in [1.807, 2.05) is 11.8 Å². The fourth-order valence-corrected chi connectivity index (χ4v) is 4.33. The van der Waals surface area contributed by atoms with E-state index in [1.54, 1.807) is 4.90 Å². The summed E-state index contributed by atoms with van der Waals surface area (Å²) in [5.41, 5.74) is 0. The lowest BCUT2D eigenvalue weighted by atomic mass is 9.86. The number of piperazine rings is 1. The van der Waals surface area contributed by atoms with Crippen LogP contribution in [0.15, 0.2) is 0 Å². The maximum Gasteiger partial charge on any atom is 0.409 e. The number of fused-ring (bicyclic) bond motifs is 2. The van der Waals surface area contributed by atoms with Crippen molar-refractivity contribution in [3.05, 3.63) is 0 Å². The highest BCUT2D eigenvalue weighted by Gasteiger charge is 2.40. The molecular formula is C16H26N2O3. The molecular weight excluding hydrogens is 268 g/mol. The maximum atomic E-state index is 12.4. The molecule has 3 fully saturated rings. The largest absolute Gasteiger partial charge is 0.450 e. The first kappa shape index (κ1) is 14.7. The zero-order chi connectivity index (χ0) is 14.8. The molecule has 5 heteroatoms. The van der Waals surface area contributed by atoms with E-state index >= 15 is 0 Å². The Kier molecular flexibility index (Phi) is 4.36. The molecule has 21 heavy (non-hydrogen) atoms. The molecule has 3 aliphatic rings. The van der Waals surface area contributed by atoms with Crippen molar-refractivity contribution in [3.8, 4) is 0 Å². The average molecular weight is 294 g/mol. The molecule has 0 spiro atoms. The number of ether oxygens (including phenoxy) is 1. The van der Waals surface area contributed by atoms with Crippen LogP contribution in [0.4, 0.5) is 4.79 Å². The SMILES string of the molecule is CCOC(=O)N1CCN(C(=O)CC2CC3CCC2C3)CC1. The molecule has 2 saturated carbocycles. The van der Waals surface area contributed by atoms with Crippen molar-refractivity contribution in [2.24, 2.45) is 17.8 Å². The van der Waals surface area contributed by atoms with Gasteiger partial charge in [-0.1, -0.05) is 6.42 Å². The van der Waals surface area contributed by atoms with Crippen LogP contribution in [0.2, 0.25) is 0 Å². The Morgan fingerprint density at radius 3 is 2.33 bits per heavy atom. The van der Waals surface area contributed by atoms with Crippen LogP contribution in [-0.4, -0.2) is 54.6 Å². The Balaban J connectivity index is 1.44. The summed E-state index contributed by atoms with van der Waals surface area (Å²) in [5, 5.41) is 0. The van der Waals surface area contributed by atoms with Gasteiger partial charge in [0.15, 0.2) is 0 Å². The van der Waals surface area contributed by atoms with Gasteiger partial charge in [0, 0.05) is 32.6 Å². The second-order valence-electron chi connectivity index (χ2n) is 6.71. The third-order valence-electron chi connectivity index (χ3n) is 5.48. The Hall–Kier alpha value is -1.26. The number of carbonyl (C=O) groups excluding carboxylic acids is 2. The first-order valence-electron chi connectivity index (χ1n) is 8.36. The molecule has 1 saturated heterocycles. The number of amides is 2. The summed E-state index contributed by atoms with van der Waals surface area (Å²) in [6.07, 6.45) is 5.80. The van der Waals surface area contributed by atoms with Crippen LogP contribution < -0.4 is 0 Å². The van der Waals surface area contributed by atoms with Crippen LogP contribution >= 0.6 is 0 Å². The molecule has 0 N–H and O–H groups in total. The van der Waals surface area contributed by atoms with Crippen molar-refractivity contribution in [2.75, 3.05) is 32.8 Å². The molecule has 3 atom stereocenters. The molecule has 3 rings (SSSR count). The van der Waals surface area contributed by atoms with Gasteiger partial charge in [0.25, 0.3) is 0 Å². The van der Waals surface area contributed by atoms with Gasteiger partial charge < -0.3 is 14.5 Å². The van der Waals surface area contributed by atoms with Crippen LogP contribution in [0, 0.1) is 17.8 Å². The molecule has 0 aromatic heterocycles. The van der Waals surface area contributed by atoms with Gasteiger partial charge in [-0.05, 0) is 43.9 Å². The lowest BCUT2D eigenvalue weighted by Gasteiger charge is -2.35. The summed E-state index contributed by atoms with van der Waals surface area (Å²) >= 11 is 0. The van der Waals surface area contributed by atoms with E-state index in [1.165, 1.54) is 25.7 Å². The van der Waals surface area contributed by atoms with Gasteiger partial charge in [0.1, 0.15) is 0 Å². The van der Waals surface area contributed by atoms with Crippen molar-refractivity contribution >= 4 is 12.0 Å². The summed E-state index contributed by atoms with van der Waals surface area (Å²) in [4.78, 5) is 27.7. The second kappa shape index (κ2) is 6.24. The predicted molar refractivity (Wildman–Crippen MR) is 78.7 cm³/mol. The molecule has 2 amide bonds. The summed E-state index contributed by atoms with van der Waals surface area (Å²) in [6.45, 7) is 4.72. The topological polar surface area (TPSA) is 49.9 Å². The van der Waals surface area contributed by atoms with Crippen LogP contribution in [0.5, 0.6) is 0 Å². The summed E-state index contributed by atoms with van der Waals surface area (Å²) in [6, 6.07) is 0. The highest BCUT2D eigenvalue weighted by atomic mass is 16.6. The van der Waals surface area contributed by atoms with Crippen LogP contribution in [0.1, 0.15) is 39.0 Å². The molecule has 118 valence electrons. The fourth-order valence-electron chi connectivity index (χ4n) is 4.33. The van der Waals surface area contributed by atoms with E-state index in [-0.39, 0.29) is 12.0 Å². The number of carbonyl (C=O) groups is 2. The Morgan fingerprint density at radius 1 is 1.05 bits per heavy atom. The highest BCUT2D eigenvalue weighted by molar-refractivity contribution is 5.77. The van der Waals surface area contributed by atoms with Crippen molar-refractivity contribution in [1.82, 2.24) is 9.80 Å². The average Bonchev–Trinajstić information content (AvgIpc) is 3.10. The number of rotatable bonds is 3. The van der Waals surface area contributed by atoms with E-state index < -0.39 is 0 Å². The van der Waals surface area contributed by atoms with Crippen molar-refractivity contribution in [3.63, 3.8) is 0 Å². The zero-order valence-electron chi connectivity index (χ0n) is 12.9. The molecule has 2 aliphatic carbocycles. The van der Waals surface area contributed by atoms with Crippen molar-refractivity contribution < 1.29 is 14.3 Å². The maximum absolute atomic E-state index is 12.4. The summed E-state index contributed by atoms with van der Waals surface area (Å²) in [7, 11) is 0. The molecule has 3 unspecified atom stereocenters. The minimum atomic E-state index is -0.252. The van der Waals surface area contributed by atoms with Crippen LogP contribution in [0.3, 0.4) is 0 Å². The molecule has 0 aromatic rings. The molecule has 0 aromatic carbocycles. The summed E-state index contributed by atoms with van der Waals surface area (Å²) in [5.74, 6) is 2.61. The first-order chi connectivity index (χ1) is 10.2. The molecule has 0 radical (unpaired) electrons. The fraction of sp³-hybridized carbons (Fsp3) is 0.875. The van der Waals surface area contributed by atoms with E-state index in [0.717, 1.165) is 18.3 Å². The van der Waals surface area contributed by atoms with Gasteiger partial charge in [0.05, 0.1) is 6.61 Å². The van der Waals surface area contributed by atoms with Gasteiger partial charge in [-0.15, -0.1) is 0 Å². The van der Waals surface area contributed by atoms with E-state index in [4.69, 9.17) is 4.74 Å². The lowest BCUT2D eigenvalue weighted by molar-refractivity contribution is -0.134. The van der Waals surface area contributed by atoms with Gasteiger partial charge in [0.2, 0.25) is 5.91 Å². The highest BCUT2D eigenvalue weighted by Crippen LogP contribution is 2.49. The minimum Gasteiger partial charge on any atom is -0.450 e. The normalized spacial score (nSPS) is 31.6. The Labute approximate surface area is 126 Å². The zero-order valence-corrected chi connectivity index (χ0v) is 12.9. The monoisotopic (exact) mass is 294 g/mol. The smallest absolute Gasteiger partial charge is 0.409 e. The third-order valence-corrected chi connectivity index (χ3v) is 5.48. The van der Waals surface area contributed by atoms with E-state index in [9.17, 15) is 9.59 Å². The third kappa shape index (κ3) is 3.16. The van der Waals surface area contributed by atoms with Gasteiger partial charge >= 0.3 is 6.09 Å². The van der Waals surface area contributed by atoms with Crippen LogP contribution in [-0.2, 0) is 9.53 Å². The van der Waals surface area contributed by atoms with Crippen molar-refractivity contribution in [1.29, 1.82) is 0 Å². The number of hydrogen-bond donors (Lipinski definition) is 0. The van der Waals surface area contributed by atoms with Crippen molar-refractivity contribution in [2.45, 2.75) is 39.0 Å². The number of hydrogen-bond acceptors (Lipinski definition) is 3. The minimum absolute atomic E-state index is 0.252. The Morgan fingerprint density at radius 2 is 1.76 bits per heavy atom. The second-order valence-corrected chi connectivity index (χ2v) is 6.71. The molecule has 1 heterocycles. The van der Waals surface area contributed by atoms with Crippen LogP contribution in [0.25, 0.3) is 0 Å². The molecule has 5 nitrogen and oxygen atoms in total.